The first-order valence-corrected chi connectivity index (χ1v) is 30.3. The van der Waals surface area contributed by atoms with Crippen LogP contribution in [0.25, 0.3) is 170 Å². The van der Waals surface area contributed by atoms with E-state index in [0.717, 1.165) is 16.9 Å². The molecule has 0 spiro atoms. The van der Waals surface area contributed by atoms with E-state index in [0.29, 0.717) is 0 Å². The summed E-state index contributed by atoms with van der Waals surface area (Å²) < 4.78 is 8.95. The number of nitrogens with zero attached hydrogens (tertiary/aromatic N) is 1. The van der Waals surface area contributed by atoms with E-state index in [-0.39, 0.29) is 10.8 Å². The lowest BCUT2D eigenvalue weighted by Crippen LogP contribution is -2.15. The van der Waals surface area contributed by atoms with E-state index >= 15 is 0 Å². The van der Waals surface area contributed by atoms with Crippen molar-refractivity contribution in [3.63, 3.8) is 0 Å². The maximum Gasteiger partial charge on any atom is 0.136 e. The third-order valence-electron chi connectivity index (χ3n) is 20.3. The van der Waals surface area contributed by atoms with Gasteiger partial charge in [0.05, 0.1) is 11.0 Å². The van der Waals surface area contributed by atoms with Crippen LogP contribution in [0.2, 0.25) is 0 Å². The zero-order valence-electron chi connectivity index (χ0n) is 48.2. The van der Waals surface area contributed by atoms with Crippen LogP contribution >= 0.6 is 0 Å². The Morgan fingerprint density at radius 2 is 0.779 bits per heavy atom. The number of benzene rings is 15. The van der Waals surface area contributed by atoms with Crippen molar-refractivity contribution in [3.8, 4) is 61.3 Å². The Kier molecular flexibility index (Phi) is 9.50. The molecule has 0 saturated carbocycles. The van der Waals surface area contributed by atoms with Crippen LogP contribution in [0, 0.1) is 0 Å². The normalized spacial score (nSPS) is 14.0. The van der Waals surface area contributed by atoms with Crippen LogP contribution in [0.3, 0.4) is 0 Å². The minimum atomic E-state index is -0.253. The van der Waals surface area contributed by atoms with Crippen LogP contribution in [-0.2, 0) is 10.8 Å². The van der Waals surface area contributed by atoms with Gasteiger partial charge < -0.3 is 8.98 Å². The van der Waals surface area contributed by atoms with Crippen molar-refractivity contribution in [2.24, 2.45) is 0 Å². The average molecular weight is 1090 g/mol. The molecule has 0 radical (unpaired) electrons. The smallest absolute Gasteiger partial charge is 0.136 e. The highest BCUT2D eigenvalue weighted by molar-refractivity contribution is 6.22. The molecule has 2 heterocycles. The molecule has 15 aromatic carbocycles. The van der Waals surface area contributed by atoms with Crippen LogP contribution in [0.4, 0.5) is 0 Å². The molecule has 2 heteroatoms. The van der Waals surface area contributed by atoms with Gasteiger partial charge in [0.2, 0.25) is 0 Å². The fraction of sp³-hybridized carbons (Fsp3) is 0.0714. The summed E-state index contributed by atoms with van der Waals surface area (Å²) >= 11 is 0. The zero-order chi connectivity index (χ0) is 56.9. The fourth-order valence-corrected chi connectivity index (χ4v) is 16.1. The molecule has 2 aromatic heterocycles. The van der Waals surface area contributed by atoms with Gasteiger partial charge in [-0.3, -0.25) is 0 Å². The molecule has 19 rings (SSSR count). The summed E-state index contributed by atoms with van der Waals surface area (Å²) in [5.74, 6) is 0. The van der Waals surface area contributed by atoms with E-state index in [1.165, 1.54) is 175 Å². The monoisotopic (exact) mass is 1090 g/mol. The van der Waals surface area contributed by atoms with Crippen LogP contribution in [0.5, 0.6) is 0 Å². The van der Waals surface area contributed by atoms with E-state index in [2.05, 4.69) is 293 Å². The predicted molar refractivity (Wildman–Crippen MR) is 365 cm³/mol. The molecule has 0 fully saturated rings. The molecule has 0 amide bonds. The van der Waals surface area contributed by atoms with Gasteiger partial charge in [-0.1, -0.05) is 210 Å². The van der Waals surface area contributed by atoms with Gasteiger partial charge in [0, 0.05) is 38.1 Å². The largest absolute Gasteiger partial charge is 0.456 e. The SMILES string of the molecule is CC1(C)c2cc(-c3c4ccccc4cc4c3ccc3ccc(-c5cccc(-n6c7ccccc7c7cc8c(cc76)C(C)(C)c6cc(-c7c9ccccc9cc9c7ccc7ccccc79)ccc6-8)c5)cc34)ccc2-c2cc3oc4ccccc4c3cc21. The third-order valence-corrected chi connectivity index (χ3v) is 20.3. The molecule has 0 N–H and O–H groups in total. The first-order chi connectivity index (χ1) is 42.1. The Labute approximate surface area is 497 Å². The number of furan rings is 1. The molecule has 2 aliphatic carbocycles. The van der Waals surface area contributed by atoms with Crippen molar-refractivity contribution in [3.05, 3.63) is 283 Å². The summed E-state index contributed by atoms with van der Waals surface area (Å²) in [6.07, 6.45) is 0. The van der Waals surface area contributed by atoms with Crippen LogP contribution in [0.15, 0.2) is 265 Å². The third kappa shape index (κ3) is 6.51. The molecule has 2 aliphatic rings. The summed E-state index contributed by atoms with van der Waals surface area (Å²) in [6, 6.07) is 98.6. The topological polar surface area (TPSA) is 18.1 Å². The molecule has 0 atom stereocenters. The highest BCUT2D eigenvalue weighted by Gasteiger charge is 2.39. The van der Waals surface area contributed by atoms with E-state index in [1.54, 1.807) is 0 Å². The van der Waals surface area contributed by atoms with Gasteiger partial charge in [-0.15, -0.1) is 0 Å². The van der Waals surface area contributed by atoms with Crippen LogP contribution in [-0.4, -0.2) is 4.57 Å². The second-order valence-electron chi connectivity index (χ2n) is 25.5. The average Bonchev–Trinajstić information content (AvgIpc) is 1.59. The quantitative estimate of drug-likeness (QED) is 0.127. The molecule has 402 valence electrons. The number of hydrogen-bond acceptors (Lipinski definition) is 1. The van der Waals surface area contributed by atoms with Crippen LogP contribution < -0.4 is 0 Å². The van der Waals surface area contributed by atoms with Gasteiger partial charge in [-0.2, -0.15) is 0 Å². The molecule has 2 nitrogen and oxygen atoms in total. The summed E-state index contributed by atoms with van der Waals surface area (Å²) in [6.45, 7) is 9.63. The Bertz CT molecular complexity index is 5900. The molecule has 17 aromatic rings. The van der Waals surface area contributed by atoms with E-state index in [1.807, 2.05) is 0 Å². The summed E-state index contributed by atoms with van der Waals surface area (Å²) in [5, 5.41) is 20.1. The Morgan fingerprint density at radius 3 is 1.48 bits per heavy atom. The Hall–Kier alpha value is -10.5. The van der Waals surface area contributed by atoms with Crippen molar-refractivity contribution in [2.75, 3.05) is 0 Å². The highest BCUT2D eigenvalue weighted by Crippen LogP contribution is 2.55. The van der Waals surface area contributed by atoms with Gasteiger partial charge in [-0.25, -0.2) is 0 Å². The van der Waals surface area contributed by atoms with Crippen molar-refractivity contribution in [1.82, 2.24) is 4.57 Å². The maximum absolute atomic E-state index is 6.44. The molecule has 0 unspecified atom stereocenters. The summed E-state index contributed by atoms with van der Waals surface area (Å²) in [5.41, 5.74) is 23.1. The van der Waals surface area contributed by atoms with Crippen LogP contribution in [0.1, 0.15) is 49.9 Å². The fourth-order valence-electron chi connectivity index (χ4n) is 16.1. The molecular formula is C84H55NO. The molecule has 0 aliphatic heterocycles. The van der Waals surface area contributed by atoms with Gasteiger partial charge in [0.1, 0.15) is 11.2 Å². The number of hydrogen-bond donors (Lipinski definition) is 0. The molecule has 86 heavy (non-hydrogen) atoms. The van der Waals surface area contributed by atoms with Gasteiger partial charge in [0.25, 0.3) is 0 Å². The summed E-state index contributed by atoms with van der Waals surface area (Å²) in [7, 11) is 0. The van der Waals surface area contributed by atoms with E-state index in [4.69, 9.17) is 4.42 Å². The number of aromatic nitrogens is 1. The highest BCUT2D eigenvalue weighted by atomic mass is 16.3. The van der Waals surface area contributed by atoms with Gasteiger partial charge in [-0.05, 0) is 221 Å². The second kappa shape index (κ2) is 17.1. The minimum Gasteiger partial charge on any atom is -0.456 e. The zero-order valence-corrected chi connectivity index (χ0v) is 48.2. The first-order valence-electron chi connectivity index (χ1n) is 30.3. The predicted octanol–water partition coefficient (Wildman–Crippen LogP) is 23.2. The number of fused-ring (bicyclic) bond motifs is 20. The summed E-state index contributed by atoms with van der Waals surface area (Å²) in [4.78, 5) is 0. The van der Waals surface area contributed by atoms with Gasteiger partial charge >= 0.3 is 0 Å². The maximum atomic E-state index is 6.44. The lowest BCUT2D eigenvalue weighted by molar-refractivity contribution is 0.658. The molecular weight excluding hydrogens is 1040 g/mol. The Morgan fingerprint density at radius 1 is 0.256 bits per heavy atom. The lowest BCUT2D eigenvalue weighted by atomic mass is 9.80. The number of rotatable bonds is 4. The Balaban J connectivity index is 0.729. The van der Waals surface area contributed by atoms with E-state index in [9.17, 15) is 0 Å². The van der Waals surface area contributed by atoms with Crippen molar-refractivity contribution >= 4 is 108 Å². The molecule has 0 saturated heterocycles. The molecule has 0 bridgehead atoms. The van der Waals surface area contributed by atoms with E-state index < -0.39 is 0 Å². The lowest BCUT2D eigenvalue weighted by Gasteiger charge is -2.23. The standard InChI is InChI=1S/C84H55NO/c1-83(2)74-43-55(33-35-61(74)70-46-80-72(45-75(70)83)63-25-12-14-27-79(63)86-80)82-59-23-10-7-18-53(59)41-68-65(82)37-31-49-28-29-51(39-66(49)68)50-19-15-20-56(38-50)85-77-26-13-11-24-62(77)71-44-69-60-34-32-54(42-73(60)84(3,4)76(69)47-78(71)85)81-58-22-9-6-17-52(58)40-67-57-21-8-5-16-48(57)30-36-64(67)81/h5-47H,1-4H3. The van der Waals surface area contributed by atoms with Crippen molar-refractivity contribution in [2.45, 2.75) is 38.5 Å². The number of para-hydroxylation sites is 2. The van der Waals surface area contributed by atoms with Gasteiger partial charge in [0.15, 0.2) is 0 Å². The minimum absolute atomic E-state index is 0.206. The van der Waals surface area contributed by atoms with Crippen molar-refractivity contribution in [1.29, 1.82) is 0 Å². The first kappa shape index (κ1) is 47.9. The van der Waals surface area contributed by atoms with Crippen molar-refractivity contribution < 1.29 is 4.42 Å². The second-order valence-corrected chi connectivity index (χ2v) is 25.5.